The third-order valence-electron chi connectivity index (χ3n) is 2.60. The predicted molar refractivity (Wildman–Crippen MR) is 56.3 cm³/mol. The van der Waals surface area contributed by atoms with Crippen molar-refractivity contribution < 1.29 is 0 Å². The highest BCUT2D eigenvalue weighted by Gasteiger charge is 2.15. The van der Waals surface area contributed by atoms with Crippen LogP contribution in [-0.4, -0.2) is 23.1 Å². The summed E-state index contributed by atoms with van der Waals surface area (Å²) in [6.07, 6.45) is 6.80. The van der Waals surface area contributed by atoms with Gasteiger partial charge in [-0.1, -0.05) is 11.6 Å². The molecular weight excluding hydrogens is 198 g/mol. The molecule has 0 saturated carbocycles. The van der Waals surface area contributed by atoms with Gasteiger partial charge in [-0.3, -0.25) is 4.98 Å². The van der Waals surface area contributed by atoms with Crippen molar-refractivity contribution in [3.8, 4) is 0 Å². The molecule has 1 atom stereocenters. The van der Waals surface area contributed by atoms with E-state index in [1.165, 1.54) is 12.8 Å². The lowest BCUT2D eigenvalue weighted by atomic mass is 9.95. The van der Waals surface area contributed by atoms with Crippen molar-refractivity contribution in [3.63, 3.8) is 0 Å². The van der Waals surface area contributed by atoms with Gasteiger partial charge in [0, 0.05) is 12.4 Å². The summed E-state index contributed by atoms with van der Waals surface area (Å²) in [5.41, 5.74) is 0.933. The molecule has 2 rings (SSSR count). The van der Waals surface area contributed by atoms with Crippen molar-refractivity contribution in [1.29, 1.82) is 0 Å². The first-order valence-electron chi connectivity index (χ1n) is 5.02. The fourth-order valence-corrected chi connectivity index (χ4v) is 2.04. The molecule has 3 nitrogen and oxygen atoms in total. The van der Waals surface area contributed by atoms with Gasteiger partial charge >= 0.3 is 0 Å². The summed E-state index contributed by atoms with van der Waals surface area (Å²) in [5, 5.41) is 3.94. The number of piperidine rings is 1. The number of nitrogens with zero attached hydrogens (tertiary/aromatic N) is 2. The van der Waals surface area contributed by atoms with Crippen molar-refractivity contribution in [2.24, 2.45) is 5.92 Å². The Bertz CT molecular complexity index is 297. The molecule has 2 heterocycles. The van der Waals surface area contributed by atoms with Crippen LogP contribution in [0, 0.1) is 5.92 Å². The van der Waals surface area contributed by atoms with E-state index in [9.17, 15) is 0 Å². The van der Waals surface area contributed by atoms with Crippen molar-refractivity contribution in [2.75, 3.05) is 13.1 Å². The van der Waals surface area contributed by atoms with Crippen LogP contribution in [0.3, 0.4) is 0 Å². The maximum absolute atomic E-state index is 5.95. The van der Waals surface area contributed by atoms with Crippen LogP contribution in [0.4, 0.5) is 0 Å². The Morgan fingerprint density at radius 2 is 2.29 bits per heavy atom. The second-order valence-electron chi connectivity index (χ2n) is 3.71. The minimum atomic E-state index is 0.554. The van der Waals surface area contributed by atoms with E-state index in [4.69, 9.17) is 11.6 Å². The van der Waals surface area contributed by atoms with Crippen LogP contribution in [0.15, 0.2) is 12.4 Å². The fraction of sp³-hybridized carbons (Fsp3) is 0.600. The van der Waals surface area contributed by atoms with Crippen LogP contribution in [-0.2, 0) is 6.42 Å². The standard InChI is InChI=1S/C10H14ClN3/c11-10-9(13-4-5-14-10)6-8-2-1-3-12-7-8/h4-5,8,12H,1-3,6-7H2. The van der Waals surface area contributed by atoms with E-state index < -0.39 is 0 Å². The molecule has 0 radical (unpaired) electrons. The Morgan fingerprint density at radius 3 is 3.00 bits per heavy atom. The van der Waals surface area contributed by atoms with E-state index in [-0.39, 0.29) is 0 Å². The maximum atomic E-state index is 5.95. The molecule has 0 aromatic carbocycles. The summed E-state index contributed by atoms with van der Waals surface area (Å²) < 4.78 is 0. The van der Waals surface area contributed by atoms with Crippen LogP contribution in [0.5, 0.6) is 0 Å². The molecule has 1 aliphatic heterocycles. The number of aromatic nitrogens is 2. The van der Waals surface area contributed by atoms with Crippen LogP contribution < -0.4 is 5.32 Å². The first-order chi connectivity index (χ1) is 6.86. The van der Waals surface area contributed by atoms with Crippen LogP contribution in [0.1, 0.15) is 18.5 Å². The fourth-order valence-electron chi connectivity index (χ4n) is 1.86. The molecule has 4 heteroatoms. The summed E-state index contributed by atoms with van der Waals surface area (Å²) in [5.74, 6) is 0.665. The van der Waals surface area contributed by atoms with Gasteiger partial charge in [0.2, 0.25) is 0 Å². The Hall–Kier alpha value is -0.670. The molecule has 1 saturated heterocycles. The Morgan fingerprint density at radius 1 is 1.43 bits per heavy atom. The maximum Gasteiger partial charge on any atom is 0.150 e. The molecule has 0 amide bonds. The number of hydrogen-bond acceptors (Lipinski definition) is 3. The Kier molecular flexibility index (Phi) is 3.32. The average molecular weight is 212 g/mol. The van der Waals surface area contributed by atoms with Gasteiger partial charge in [-0.25, -0.2) is 4.98 Å². The second kappa shape index (κ2) is 4.71. The second-order valence-corrected chi connectivity index (χ2v) is 4.07. The van der Waals surface area contributed by atoms with Gasteiger partial charge in [0.1, 0.15) is 5.15 Å². The first-order valence-corrected chi connectivity index (χ1v) is 5.40. The molecule has 1 N–H and O–H groups in total. The van der Waals surface area contributed by atoms with Crippen molar-refractivity contribution in [2.45, 2.75) is 19.3 Å². The zero-order valence-corrected chi connectivity index (χ0v) is 8.80. The lowest BCUT2D eigenvalue weighted by Crippen LogP contribution is -2.31. The van der Waals surface area contributed by atoms with E-state index in [1.54, 1.807) is 12.4 Å². The molecule has 1 aromatic heterocycles. The van der Waals surface area contributed by atoms with Gasteiger partial charge in [0.15, 0.2) is 0 Å². The first kappa shape index (κ1) is 9.87. The van der Waals surface area contributed by atoms with Crippen molar-refractivity contribution >= 4 is 11.6 Å². The third-order valence-corrected chi connectivity index (χ3v) is 2.92. The molecule has 14 heavy (non-hydrogen) atoms. The lowest BCUT2D eigenvalue weighted by molar-refractivity contribution is 0.373. The number of hydrogen-bond donors (Lipinski definition) is 1. The van der Waals surface area contributed by atoms with E-state index in [1.807, 2.05) is 0 Å². The largest absolute Gasteiger partial charge is 0.316 e. The van der Waals surface area contributed by atoms with Crippen LogP contribution in [0.2, 0.25) is 5.15 Å². The highest BCUT2D eigenvalue weighted by atomic mass is 35.5. The smallest absolute Gasteiger partial charge is 0.150 e. The van der Waals surface area contributed by atoms with E-state index in [0.717, 1.165) is 25.2 Å². The van der Waals surface area contributed by atoms with Gasteiger partial charge in [-0.2, -0.15) is 0 Å². The highest BCUT2D eigenvalue weighted by Crippen LogP contribution is 2.18. The summed E-state index contributed by atoms with van der Waals surface area (Å²) in [6, 6.07) is 0. The van der Waals surface area contributed by atoms with Gasteiger partial charge in [-0.15, -0.1) is 0 Å². The number of nitrogens with one attached hydrogen (secondary N) is 1. The SMILES string of the molecule is Clc1nccnc1CC1CCCNC1. The molecule has 1 unspecified atom stereocenters. The lowest BCUT2D eigenvalue weighted by Gasteiger charge is -2.22. The third kappa shape index (κ3) is 2.42. The van der Waals surface area contributed by atoms with E-state index in [0.29, 0.717) is 11.1 Å². The summed E-state index contributed by atoms with van der Waals surface area (Å²) in [6.45, 7) is 2.22. The Balaban J connectivity index is 1.99. The van der Waals surface area contributed by atoms with Crippen molar-refractivity contribution in [3.05, 3.63) is 23.2 Å². The summed E-state index contributed by atoms with van der Waals surface area (Å²) >= 11 is 5.95. The van der Waals surface area contributed by atoms with Crippen molar-refractivity contribution in [1.82, 2.24) is 15.3 Å². The minimum absolute atomic E-state index is 0.554. The molecule has 76 valence electrons. The number of halogens is 1. The van der Waals surface area contributed by atoms with Gasteiger partial charge < -0.3 is 5.32 Å². The molecule has 0 aliphatic carbocycles. The summed E-state index contributed by atoms with van der Waals surface area (Å²) in [4.78, 5) is 8.28. The molecule has 1 fully saturated rings. The normalized spacial score (nSPS) is 22.2. The number of rotatable bonds is 2. The summed E-state index contributed by atoms with van der Waals surface area (Å²) in [7, 11) is 0. The average Bonchev–Trinajstić information content (AvgIpc) is 2.23. The molecule has 1 aromatic rings. The zero-order valence-electron chi connectivity index (χ0n) is 8.04. The Labute approximate surface area is 88.9 Å². The van der Waals surface area contributed by atoms with Crippen LogP contribution in [0.25, 0.3) is 0 Å². The molecule has 1 aliphatic rings. The molecule has 0 bridgehead atoms. The predicted octanol–water partition coefficient (Wildman–Crippen LogP) is 1.67. The minimum Gasteiger partial charge on any atom is -0.316 e. The quantitative estimate of drug-likeness (QED) is 0.809. The molecular formula is C10H14ClN3. The van der Waals surface area contributed by atoms with E-state index >= 15 is 0 Å². The van der Waals surface area contributed by atoms with Crippen LogP contribution >= 0.6 is 11.6 Å². The van der Waals surface area contributed by atoms with Gasteiger partial charge in [0.25, 0.3) is 0 Å². The van der Waals surface area contributed by atoms with E-state index in [2.05, 4.69) is 15.3 Å². The van der Waals surface area contributed by atoms with Gasteiger partial charge in [-0.05, 0) is 38.3 Å². The van der Waals surface area contributed by atoms with Gasteiger partial charge in [0.05, 0.1) is 5.69 Å². The molecule has 0 spiro atoms. The highest BCUT2D eigenvalue weighted by molar-refractivity contribution is 6.29. The monoisotopic (exact) mass is 211 g/mol. The topological polar surface area (TPSA) is 37.8 Å². The zero-order chi connectivity index (χ0) is 9.80.